The third-order valence-electron chi connectivity index (χ3n) is 4.29. The van der Waals surface area contributed by atoms with Crippen molar-refractivity contribution in [2.75, 3.05) is 6.54 Å². The minimum Gasteiger partial charge on any atom is -0.374 e. The summed E-state index contributed by atoms with van der Waals surface area (Å²) < 4.78 is 0. The van der Waals surface area contributed by atoms with Crippen molar-refractivity contribution >= 4 is 11.8 Å². The molecule has 0 aromatic rings. The molecule has 0 spiro atoms. The molecule has 19 heavy (non-hydrogen) atoms. The topological polar surface area (TPSA) is 69.6 Å². The van der Waals surface area contributed by atoms with Gasteiger partial charge in [0, 0.05) is 13.0 Å². The van der Waals surface area contributed by atoms with E-state index in [0.29, 0.717) is 19.4 Å². The van der Waals surface area contributed by atoms with E-state index in [4.69, 9.17) is 0 Å². The van der Waals surface area contributed by atoms with Crippen LogP contribution < -0.4 is 5.32 Å². The zero-order valence-corrected chi connectivity index (χ0v) is 11.0. The van der Waals surface area contributed by atoms with Crippen LogP contribution >= 0.6 is 0 Å². The molecule has 3 rings (SSSR count). The minimum absolute atomic E-state index is 0.220. The first-order chi connectivity index (χ1) is 9.08. The smallest absolute Gasteiger partial charge is 0.244 e. The number of aliphatic hydroxyl groups is 1. The van der Waals surface area contributed by atoms with E-state index in [9.17, 15) is 14.7 Å². The number of aliphatic hydroxyl groups excluding tert-OH is 1. The van der Waals surface area contributed by atoms with Gasteiger partial charge >= 0.3 is 0 Å². The molecular weight excluding hydrogens is 244 g/mol. The predicted molar refractivity (Wildman–Crippen MR) is 68.9 cm³/mol. The Morgan fingerprint density at radius 3 is 2.84 bits per heavy atom. The van der Waals surface area contributed by atoms with Crippen LogP contribution in [0, 0.1) is 0 Å². The summed E-state index contributed by atoms with van der Waals surface area (Å²) in [5.41, 5.74) is 3.42. The van der Waals surface area contributed by atoms with Gasteiger partial charge in [0.2, 0.25) is 11.8 Å². The fourth-order valence-electron chi connectivity index (χ4n) is 3.18. The lowest BCUT2D eigenvalue weighted by atomic mass is 9.93. The van der Waals surface area contributed by atoms with Gasteiger partial charge in [-0.1, -0.05) is 11.6 Å². The maximum Gasteiger partial charge on any atom is 0.244 e. The van der Waals surface area contributed by atoms with Gasteiger partial charge < -0.3 is 5.11 Å². The molecule has 2 atom stereocenters. The quantitative estimate of drug-likeness (QED) is 0.674. The Bertz CT molecular complexity index is 507. The molecule has 2 unspecified atom stereocenters. The molecule has 5 nitrogen and oxygen atoms in total. The zero-order chi connectivity index (χ0) is 13.6. The van der Waals surface area contributed by atoms with E-state index in [2.05, 4.69) is 18.3 Å². The highest BCUT2D eigenvalue weighted by Gasteiger charge is 2.42. The van der Waals surface area contributed by atoms with Gasteiger partial charge in [-0.05, 0) is 37.3 Å². The van der Waals surface area contributed by atoms with Gasteiger partial charge in [0.15, 0.2) is 0 Å². The fraction of sp³-hybridized carbons (Fsp3) is 0.571. The number of carbonyl (C=O) groups is 2. The third-order valence-corrected chi connectivity index (χ3v) is 4.29. The standard InChI is InChI=1S/C14H18N2O3/c1-8-3-2-4-9-10(8)7-16(14(9)19)11-5-6-12(17)15-13(11)18/h4,11,14,19H,2-3,5-7H2,1H3,(H,15,17,18). The molecule has 0 aromatic heterocycles. The Hall–Kier alpha value is -1.46. The van der Waals surface area contributed by atoms with Crippen molar-refractivity contribution in [1.29, 1.82) is 0 Å². The number of likely N-dealkylation sites (tertiary alicyclic amines) is 1. The van der Waals surface area contributed by atoms with E-state index in [1.807, 2.05) is 0 Å². The van der Waals surface area contributed by atoms with Crippen molar-refractivity contribution < 1.29 is 14.7 Å². The summed E-state index contributed by atoms with van der Waals surface area (Å²) in [6.45, 7) is 2.69. The number of allylic oxidation sites excluding steroid dienone is 2. The molecule has 2 heterocycles. The van der Waals surface area contributed by atoms with Gasteiger partial charge in [0.05, 0.1) is 6.04 Å². The highest BCUT2D eigenvalue weighted by atomic mass is 16.3. The van der Waals surface area contributed by atoms with Gasteiger partial charge in [-0.2, -0.15) is 0 Å². The van der Waals surface area contributed by atoms with Crippen LogP contribution in [-0.2, 0) is 9.59 Å². The van der Waals surface area contributed by atoms with Crippen LogP contribution in [0.5, 0.6) is 0 Å². The molecule has 2 fully saturated rings. The van der Waals surface area contributed by atoms with E-state index >= 15 is 0 Å². The van der Waals surface area contributed by atoms with Crippen molar-refractivity contribution in [3.8, 4) is 0 Å². The summed E-state index contributed by atoms with van der Waals surface area (Å²) >= 11 is 0. The summed E-state index contributed by atoms with van der Waals surface area (Å²) in [5, 5.41) is 12.7. The van der Waals surface area contributed by atoms with Crippen molar-refractivity contribution in [2.45, 2.75) is 44.9 Å². The molecule has 2 aliphatic heterocycles. The zero-order valence-electron chi connectivity index (χ0n) is 11.0. The molecule has 5 heteroatoms. The summed E-state index contributed by atoms with van der Waals surface area (Å²) in [4.78, 5) is 24.9. The number of piperidine rings is 1. The van der Waals surface area contributed by atoms with Crippen LogP contribution in [0.1, 0.15) is 32.6 Å². The summed E-state index contributed by atoms with van der Waals surface area (Å²) in [6.07, 6.45) is 4.16. The molecule has 0 bridgehead atoms. The number of fused-ring (bicyclic) bond motifs is 1. The number of hydrogen-bond donors (Lipinski definition) is 2. The number of nitrogens with one attached hydrogen (secondary N) is 1. The van der Waals surface area contributed by atoms with Gasteiger partial charge in [-0.3, -0.25) is 19.8 Å². The average molecular weight is 262 g/mol. The van der Waals surface area contributed by atoms with Crippen molar-refractivity contribution in [1.82, 2.24) is 10.2 Å². The van der Waals surface area contributed by atoms with Gasteiger partial charge in [-0.25, -0.2) is 0 Å². The Labute approximate surface area is 112 Å². The van der Waals surface area contributed by atoms with Gasteiger partial charge in [0.25, 0.3) is 0 Å². The highest BCUT2D eigenvalue weighted by molar-refractivity contribution is 6.00. The van der Waals surface area contributed by atoms with Crippen LogP contribution in [0.3, 0.4) is 0 Å². The Balaban J connectivity index is 1.85. The molecule has 102 valence electrons. The number of carbonyl (C=O) groups excluding carboxylic acids is 2. The van der Waals surface area contributed by atoms with Crippen LogP contribution in [0.4, 0.5) is 0 Å². The molecule has 3 aliphatic rings. The lowest BCUT2D eigenvalue weighted by Crippen LogP contribution is -2.53. The first kappa shape index (κ1) is 12.6. The van der Waals surface area contributed by atoms with E-state index in [1.165, 1.54) is 11.1 Å². The molecule has 0 saturated carbocycles. The predicted octanol–water partition coefficient (Wildman–Crippen LogP) is 0.462. The summed E-state index contributed by atoms with van der Waals surface area (Å²) in [7, 11) is 0. The average Bonchev–Trinajstić information content (AvgIpc) is 2.69. The lowest BCUT2D eigenvalue weighted by molar-refractivity contribution is -0.139. The monoisotopic (exact) mass is 262 g/mol. The summed E-state index contributed by atoms with van der Waals surface area (Å²) in [5.74, 6) is -0.505. The SMILES string of the molecule is CC1=C2CN(C3CCC(=O)NC3=O)C(O)C2=CCC1. The molecule has 0 aromatic carbocycles. The van der Waals surface area contributed by atoms with Crippen molar-refractivity contribution in [3.05, 3.63) is 22.8 Å². The first-order valence-electron chi connectivity index (χ1n) is 6.74. The molecule has 1 aliphatic carbocycles. The molecule has 2 amide bonds. The third kappa shape index (κ3) is 2.03. The minimum atomic E-state index is -0.714. The van der Waals surface area contributed by atoms with Crippen molar-refractivity contribution in [2.24, 2.45) is 0 Å². The second kappa shape index (κ2) is 4.58. The Kier molecular flexibility index (Phi) is 3.03. The molecule has 2 saturated heterocycles. The first-order valence-corrected chi connectivity index (χ1v) is 6.74. The van der Waals surface area contributed by atoms with Crippen LogP contribution in [0.2, 0.25) is 0 Å². The van der Waals surface area contributed by atoms with E-state index in [1.54, 1.807) is 4.90 Å². The maximum absolute atomic E-state index is 11.9. The van der Waals surface area contributed by atoms with Crippen LogP contribution in [0.15, 0.2) is 22.8 Å². The van der Waals surface area contributed by atoms with Gasteiger partial charge in [-0.15, -0.1) is 0 Å². The second-order valence-corrected chi connectivity index (χ2v) is 5.47. The Morgan fingerprint density at radius 1 is 1.37 bits per heavy atom. The van der Waals surface area contributed by atoms with E-state index in [0.717, 1.165) is 18.4 Å². The van der Waals surface area contributed by atoms with E-state index in [-0.39, 0.29) is 11.8 Å². The number of hydrogen-bond acceptors (Lipinski definition) is 4. The van der Waals surface area contributed by atoms with Gasteiger partial charge in [0.1, 0.15) is 6.23 Å². The Morgan fingerprint density at radius 2 is 2.16 bits per heavy atom. The number of nitrogens with zero attached hydrogens (tertiary/aromatic N) is 1. The molecule has 0 radical (unpaired) electrons. The number of rotatable bonds is 1. The summed E-state index contributed by atoms with van der Waals surface area (Å²) in [6, 6.07) is -0.403. The lowest BCUT2D eigenvalue weighted by Gasteiger charge is -2.31. The highest BCUT2D eigenvalue weighted by Crippen LogP contribution is 2.36. The second-order valence-electron chi connectivity index (χ2n) is 5.47. The van der Waals surface area contributed by atoms with Crippen LogP contribution in [-0.4, -0.2) is 40.6 Å². The van der Waals surface area contributed by atoms with E-state index < -0.39 is 12.3 Å². The molecular formula is C14H18N2O3. The normalized spacial score (nSPS) is 32.2. The number of amides is 2. The number of imide groups is 1. The van der Waals surface area contributed by atoms with Crippen molar-refractivity contribution in [3.63, 3.8) is 0 Å². The van der Waals surface area contributed by atoms with Crippen LogP contribution in [0.25, 0.3) is 0 Å². The largest absolute Gasteiger partial charge is 0.374 e. The molecule has 2 N–H and O–H groups in total. The fourth-order valence-corrected chi connectivity index (χ4v) is 3.18. The maximum atomic E-state index is 11.9.